The molecular weight excluding hydrogens is 206 g/mol. The van der Waals surface area contributed by atoms with Gasteiger partial charge in [0.1, 0.15) is 6.04 Å². The van der Waals surface area contributed by atoms with E-state index in [2.05, 4.69) is 0 Å². The van der Waals surface area contributed by atoms with Crippen LogP contribution < -0.4 is 5.73 Å². The largest absolute Gasteiger partial charge is 0.465 e. The van der Waals surface area contributed by atoms with Crippen LogP contribution >= 0.6 is 12.4 Å². The molecule has 1 rings (SSSR count). The van der Waals surface area contributed by atoms with Gasteiger partial charge in [0.15, 0.2) is 0 Å². The number of hydrogen-bond acceptors (Lipinski definition) is 4. The third-order valence-corrected chi connectivity index (χ3v) is 2.13. The van der Waals surface area contributed by atoms with Crippen LogP contribution in [-0.2, 0) is 14.3 Å². The number of ether oxygens (including phenoxy) is 2. The van der Waals surface area contributed by atoms with Crippen molar-refractivity contribution in [2.24, 2.45) is 5.73 Å². The molecule has 0 spiro atoms. The molecule has 0 amide bonds. The van der Waals surface area contributed by atoms with Crippen LogP contribution in [0.25, 0.3) is 0 Å². The molecule has 14 heavy (non-hydrogen) atoms. The maximum atomic E-state index is 11.1. The molecule has 1 unspecified atom stereocenters. The number of esters is 1. The first kappa shape index (κ1) is 13.7. The Labute approximate surface area is 90.5 Å². The number of hydrogen-bond donors (Lipinski definition) is 1. The Morgan fingerprint density at radius 2 is 2.43 bits per heavy atom. The lowest BCUT2D eigenvalue weighted by Gasteiger charge is -2.14. The lowest BCUT2D eigenvalue weighted by Crippen LogP contribution is -2.35. The first-order valence-corrected chi connectivity index (χ1v) is 4.78. The molecular formula is C9H18ClNO3. The van der Waals surface area contributed by atoms with Crippen molar-refractivity contribution in [1.29, 1.82) is 0 Å². The minimum absolute atomic E-state index is 0. The van der Waals surface area contributed by atoms with E-state index in [0.717, 1.165) is 19.4 Å². The molecule has 0 saturated carbocycles. The summed E-state index contributed by atoms with van der Waals surface area (Å²) in [6, 6.07) is -0.525. The zero-order valence-corrected chi connectivity index (χ0v) is 9.22. The molecule has 0 aromatic rings. The van der Waals surface area contributed by atoms with Crippen molar-refractivity contribution in [3.63, 3.8) is 0 Å². The summed E-state index contributed by atoms with van der Waals surface area (Å²) in [7, 11) is 0. The van der Waals surface area contributed by atoms with Gasteiger partial charge in [0.25, 0.3) is 0 Å². The summed E-state index contributed by atoms with van der Waals surface area (Å²) in [5.41, 5.74) is 5.63. The van der Waals surface area contributed by atoms with E-state index < -0.39 is 6.04 Å². The van der Waals surface area contributed by atoms with Gasteiger partial charge in [-0.05, 0) is 26.2 Å². The van der Waals surface area contributed by atoms with Gasteiger partial charge in [0, 0.05) is 6.61 Å². The van der Waals surface area contributed by atoms with Crippen LogP contribution in [0.5, 0.6) is 0 Å². The lowest BCUT2D eigenvalue weighted by atomic mass is 10.1. The molecule has 1 aliphatic rings. The fourth-order valence-electron chi connectivity index (χ4n) is 1.46. The van der Waals surface area contributed by atoms with Gasteiger partial charge in [0.05, 0.1) is 12.7 Å². The van der Waals surface area contributed by atoms with E-state index >= 15 is 0 Å². The third kappa shape index (κ3) is 4.26. The minimum Gasteiger partial charge on any atom is -0.465 e. The first-order valence-electron chi connectivity index (χ1n) is 4.78. The highest BCUT2D eigenvalue weighted by molar-refractivity contribution is 5.85. The van der Waals surface area contributed by atoms with E-state index in [1.165, 1.54) is 0 Å². The SMILES string of the molecule is CCOC(=O)C(N)C[C@H]1CCCO1.Cl. The Balaban J connectivity index is 0.00000169. The maximum Gasteiger partial charge on any atom is 0.322 e. The van der Waals surface area contributed by atoms with Crippen LogP contribution in [0, 0.1) is 0 Å². The number of halogens is 1. The summed E-state index contributed by atoms with van der Waals surface area (Å²) in [5, 5.41) is 0. The van der Waals surface area contributed by atoms with Crippen LogP contribution in [0.2, 0.25) is 0 Å². The summed E-state index contributed by atoms with van der Waals surface area (Å²) >= 11 is 0. The second-order valence-corrected chi connectivity index (χ2v) is 3.23. The molecule has 0 aromatic heterocycles. The predicted molar refractivity (Wildman–Crippen MR) is 55.4 cm³/mol. The quantitative estimate of drug-likeness (QED) is 0.719. The van der Waals surface area contributed by atoms with Crippen LogP contribution in [-0.4, -0.2) is 31.3 Å². The third-order valence-electron chi connectivity index (χ3n) is 2.13. The van der Waals surface area contributed by atoms with E-state index in [4.69, 9.17) is 15.2 Å². The Kier molecular flexibility index (Phi) is 6.87. The monoisotopic (exact) mass is 223 g/mol. The highest BCUT2D eigenvalue weighted by atomic mass is 35.5. The molecule has 0 aliphatic carbocycles. The Morgan fingerprint density at radius 3 is 2.93 bits per heavy atom. The molecule has 0 radical (unpaired) electrons. The smallest absolute Gasteiger partial charge is 0.322 e. The van der Waals surface area contributed by atoms with Crippen LogP contribution in [0.3, 0.4) is 0 Å². The van der Waals surface area contributed by atoms with Crippen molar-refractivity contribution in [3.8, 4) is 0 Å². The Bertz CT molecular complexity index is 171. The number of rotatable bonds is 4. The fourth-order valence-corrected chi connectivity index (χ4v) is 1.46. The van der Waals surface area contributed by atoms with Crippen molar-refractivity contribution >= 4 is 18.4 Å². The van der Waals surface area contributed by atoms with Crippen molar-refractivity contribution in [3.05, 3.63) is 0 Å². The molecule has 1 saturated heterocycles. The van der Waals surface area contributed by atoms with Crippen molar-refractivity contribution in [2.45, 2.75) is 38.3 Å². The van der Waals surface area contributed by atoms with Gasteiger partial charge in [-0.25, -0.2) is 0 Å². The Hall–Kier alpha value is -0.320. The summed E-state index contributed by atoms with van der Waals surface area (Å²) in [4.78, 5) is 11.1. The van der Waals surface area contributed by atoms with E-state index in [1.807, 2.05) is 0 Å². The molecule has 84 valence electrons. The molecule has 2 atom stereocenters. The number of carbonyl (C=O) groups excluding carboxylic acids is 1. The van der Waals surface area contributed by atoms with Gasteiger partial charge in [-0.2, -0.15) is 0 Å². The second kappa shape index (κ2) is 7.04. The highest BCUT2D eigenvalue weighted by Crippen LogP contribution is 2.16. The van der Waals surface area contributed by atoms with E-state index in [1.54, 1.807) is 6.92 Å². The topological polar surface area (TPSA) is 61.5 Å². The van der Waals surface area contributed by atoms with Crippen LogP contribution in [0.1, 0.15) is 26.2 Å². The standard InChI is InChI=1S/C9H17NO3.ClH/c1-2-12-9(11)8(10)6-7-4-3-5-13-7;/h7-8H,2-6,10H2,1H3;1H/t7-,8?;/m1./s1. The molecule has 2 N–H and O–H groups in total. The average molecular weight is 224 g/mol. The van der Waals surface area contributed by atoms with Crippen LogP contribution in [0.15, 0.2) is 0 Å². The number of carbonyl (C=O) groups is 1. The van der Waals surface area contributed by atoms with Gasteiger partial charge in [-0.3, -0.25) is 4.79 Å². The van der Waals surface area contributed by atoms with E-state index in [-0.39, 0.29) is 24.5 Å². The molecule has 4 nitrogen and oxygen atoms in total. The summed E-state index contributed by atoms with van der Waals surface area (Å²) in [5.74, 6) is -0.321. The normalized spacial score (nSPS) is 22.6. The zero-order valence-electron chi connectivity index (χ0n) is 8.40. The molecule has 0 bridgehead atoms. The van der Waals surface area contributed by atoms with Gasteiger partial charge in [0.2, 0.25) is 0 Å². The number of nitrogens with two attached hydrogens (primary N) is 1. The summed E-state index contributed by atoms with van der Waals surface area (Å²) < 4.78 is 10.2. The average Bonchev–Trinajstić information content (AvgIpc) is 2.57. The lowest BCUT2D eigenvalue weighted by molar-refractivity contribution is -0.145. The molecule has 1 heterocycles. The zero-order chi connectivity index (χ0) is 9.68. The fraction of sp³-hybridized carbons (Fsp3) is 0.889. The van der Waals surface area contributed by atoms with Crippen molar-refractivity contribution in [1.82, 2.24) is 0 Å². The molecule has 1 fully saturated rings. The van der Waals surface area contributed by atoms with E-state index in [0.29, 0.717) is 13.0 Å². The predicted octanol–water partition coefficient (Wildman–Crippen LogP) is 0.868. The van der Waals surface area contributed by atoms with Crippen molar-refractivity contribution in [2.75, 3.05) is 13.2 Å². The van der Waals surface area contributed by atoms with Gasteiger partial charge < -0.3 is 15.2 Å². The highest BCUT2D eigenvalue weighted by Gasteiger charge is 2.23. The second-order valence-electron chi connectivity index (χ2n) is 3.23. The first-order chi connectivity index (χ1) is 6.24. The molecule has 0 aromatic carbocycles. The molecule has 5 heteroatoms. The molecule has 1 aliphatic heterocycles. The Morgan fingerprint density at radius 1 is 1.71 bits per heavy atom. The van der Waals surface area contributed by atoms with E-state index in [9.17, 15) is 4.79 Å². The summed E-state index contributed by atoms with van der Waals surface area (Å²) in [6.07, 6.45) is 2.81. The van der Waals surface area contributed by atoms with Gasteiger partial charge in [-0.1, -0.05) is 0 Å². The summed E-state index contributed by atoms with van der Waals surface area (Å²) in [6.45, 7) is 2.95. The van der Waals surface area contributed by atoms with Gasteiger partial charge >= 0.3 is 5.97 Å². The van der Waals surface area contributed by atoms with Crippen molar-refractivity contribution < 1.29 is 14.3 Å². The van der Waals surface area contributed by atoms with Gasteiger partial charge in [-0.15, -0.1) is 12.4 Å². The van der Waals surface area contributed by atoms with Crippen LogP contribution in [0.4, 0.5) is 0 Å². The maximum absolute atomic E-state index is 11.1. The minimum atomic E-state index is -0.525.